The number of Topliss-reactive ketones (excluding diaryl/α,β-unsaturated/α-hetero) is 1. The summed E-state index contributed by atoms with van der Waals surface area (Å²) in [5.41, 5.74) is 4.38. The quantitative estimate of drug-likeness (QED) is 0.157. The minimum atomic E-state index is -0.656. The van der Waals surface area contributed by atoms with Crippen molar-refractivity contribution >= 4 is 29.3 Å². The number of rotatable bonds is 9. The highest BCUT2D eigenvalue weighted by Crippen LogP contribution is 2.27. The predicted octanol–water partition coefficient (Wildman–Crippen LogP) is 4.84. The minimum absolute atomic E-state index is 0.135. The van der Waals surface area contributed by atoms with E-state index >= 15 is 0 Å². The van der Waals surface area contributed by atoms with Gasteiger partial charge in [0.05, 0.1) is 23.7 Å². The fourth-order valence-electron chi connectivity index (χ4n) is 5.77. The van der Waals surface area contributed by atoms with Crippen LogP contribution < -0.4 is 4.90 Å². The molecule has 8 heteroatoms. The highest BCUT2D eigenvalue weighted by molar-refractivity contribution is 6.22. The average Bonchev–Trinajstić information content (AvgIpc) is 3.38. The zero-order valence-electron chi connectivity index (χ0n) is 24.3. The SMILES string of the molecule is O=C(COC(=O)c1ccc(N2C(=O)CC(N3CCN(Cc4ccccc4)CC3)C2=O)cc1)c1ccc(-c2ccccc2)cc1. The molecule has 0 aromatic heterocycles. The molecule has 2 aliphatic rings. The van der Waals surface area contributed by atoms with E-state index in [0.717, 1.165) is 30.8 Å². The van der Waals surface area contributed by atoms with Gasteiger partial charge in [-0.05, 0) is 41.0 Å². The van der Waals surface area contributed by atoms with E-state index in [1.807, 2.05) is 60.7 Å². The fourth-order valence-corrected chi connectivity index (χ4v) is 5.77. The first-order chi connectivity index (χ1) is 21.5. The van der Waals surface area contributed by atoms with E-state index in [4.69, 9.17) is 4.74 Å². The molecule has 44 heavy (non-hydrogen) atoms. The molecular formula is C36H33N3O5. The maximum atomic E-state index is 13.3. The Bertz CT molecular complexity index is 1630. The first kappa shape index (κ1) is 29.2. The monoisotopic (exact) mass is 587 g/mol. The average molecular weight is 588 g/mol. The number of anilines is 1. The largest absolute Gasteiger partial charge is 0.454 e. The third-order valence-electron chi connectivity index (χ3n) is 8.23. The maximum absolute atomic E-state index is 13.3. The van der Waals surface area contributed by atoms with Gasteiger partial charge in [0.2, 0.25) is 5.91 Å². The summed E-state index contributed by atoms with van der Waals surface area (Å²) in [5, 5.41) is 0. The number of carbonyl (C=O) groups is 4. The molecule has 0 bridgehead atoms. The lowest BCUT2D eigenvalue weighted by atomic mass is 10.0. The molecule has 2 aliphatic heterocycles. The second-order valence-electron chi connectivity index (χ2n) is 11.1. The number of esters is 1. The summed E-state index contributed by atoms with van der Waals surface area (Å²) in [6, 6.07) is 33.0. The number of benzene rings is 4. The lowest BCUT2D eigenvalue weighted by molar-refractivity contribution is -0.123. The molecule has 2 heterocycles. The molecule has 1 unspecified atom stereocenters. The van der Waals surface area contributed by atoms with E-state index in [1.165, 1.54) is 22.6 Å². The van der Waals surface area contributed by atoms with Crippen molar-refractivity contribution in [3.63, 3.8) is 0 Å². The van der Waals surface area contributed by atoms with Crippen LogP contribution in [0.15, 0.2) is 109 Å². The molecule has 8 nitrogen and oxygen atoms in total. The third-order valence-corrected chi connectivity index (χ3v) is 8.23. The number of ether oxygens (including phenoxy) is 1. The van der Waals surface area contributed by atoms with Crippen LogP contribution in [0.4, 0.5) is 5.69 Å². The Balaban J connectivity index is 1.01. The van der Waals surface area contributed by atoms with Crippen LogP contribution in [0.1, 0.15) is 32.7 Å². The van der Waals surface area contributed by atoms with Gasteiger partial charge < -0.3 is 4.74 Å². The van der Waals surface area contributed by atoms with Gasteiger partial charge in [0.1, 0.15) is 0 Å². The van der Waals surface area contributed by atoms with Gasteiger partial charge in [0.25, 0.3) is 5.91 Å². The molecule has 1 atom stereocenters. The van der Waals surface area contributed by atoms with Crippen LogP contribution in [0.3, 0.4) is 0 Å². The standard InChI is InChI=1S/C36H33N3O5/c40-33(29-13-11-28(12-14-29)27-9-5-2-6-10-27)25-44-36(43)30-15-17-31(18-16-30)39-34(41)23-32(35(39)42)38-21-19-37(20-22-38)24-26-7-3-1-4-8-26/h1-18,32H,19-25H2. The van der Waals surface area contributed by atoms with Crippen LogP contribution in [0, 0.1) is 0 Å². The van der Waals surface area contributed by atoms with Crippen LogP contribution >= 0.6 is 0 Å². The molecule has 2 saturated heterocycles. The Labute approximate surface area is 256 Å². The molecule has 222 valence electrons. The molecule has 0 saturated carbocycles. The van der Waals surface area contributed by atoms with Crippen molar-refractivity contribution in [3.05, 3.63) is 126 Å². The van der Waals surface area contributed by atoms with E-state index in [-0.39, 0.29) is 29.6 Å². The molecule has 2 amide bonds. The summed E-state index contributed by atoms with van der Waals surface area (Å²) in [6.07, 6.45) is 0.135. The van der Waals surface area contributed by atoms with E-state index < -0.39 is 18.6 Å². The van der Waals surface area contributed by atoms with E-state index in [2.05, 4.69) is 21.9 Å². The lowest BCUT2D eigenvalue weighted by Gasteiger charge is -2.37. The molecule has 6 rings (SSSR count). The smallest absolute Gasteiger partial charge is 0.338 e. The number of nitrogens with zero attached hydrogens (tertiary/aromatic N) is 3. The normalized spacial score (nSPS) is 17.5. The van der Waals surface area contributed by atoms with Crippen LogP contribution in [0.25, 0.3) is 11.1 Å². The highest BCUT2D eigenvalue weighted by Gasteiger charge is 2.43. The summed E-state index contributed by atoms with van der Waals surface area (Å²) in [7, 11) is 0. The van der Waals surface area contributed by atoms with Crippen molar-refractivity contribution in [3.8, 4) is 11.1 Å². The molecule has 2 fully saturated rings. The van der Waals surface area contributed by atoms with Crippen molar-refractivity contribution in [1.29, 1.82) is 0 Å². The maximum Gasteiger partial charge on any atom is 0.338 e. The number of imide groups is 1. The van der Waals surface area contributed by atoms with Gasteiger partial charge in [-0.2, -0.15) is 0 Å². The van der Waals surface area contributed by atoms with Crippen molar-refractivity contribution < 1.29 is 23.9 Å². The number of carbonyl (C=O) groups excluding carboxylic acids is 4. The summed E-state index contributed by atoms with van der Waals surface area (Å²) >= 11 is 0. The van der Waals surface area contributed by atoms with Gasteiger partial charge in [-0.25, -0.2) is 9.69 Å². The first-order valence-electron chi connectivity index (χ1n) is 14.8. The van der Waals surface area contributed by atoms with Crippen molar-refractivity contribution in [2.24, 2.45) is 0 Å². The van der Waals surface area contributed by atoms with Crippen molar-refractivity contribution in [2.45, 2.75) is 19.0 Å². The van der Waals surface area contributed by atoms with Crippen LogP contribution in [0.5, 0.6) is 0 Å². The topological polar surface area (TPSA) is 87.2 Å². The van der Waals surface area contributed by atoms with Gasteiger partial charge in [-0.1, -0.05) is 84.9 Å². The molecule has 0 aliphatic carbocycles. The highest BCUT2D eigenvalue weighted by atomic mass is 16.5. The van der Waals surface area contributed by atoms with Gasteiger partial charge >= 0.3 is 5.97 Å². The minimum Gasteiger partial charge on any atom is -0.454 e. The van der Waals surface area contributed by atoms with E-state index in [9.17, 15) is 19.2 Å². The summed E-state index contributed by atoms with van der Waals surface area (Å²) in [6.45, 7) is 3.55. The predicted molar refractivity (Wildman–Crippen MR) is 167 cm³/mol. The second kappa shape index (κ2) is 13.2. The van der Waals surface area contributed by atoms with Crippen LogP contribution in [0.2, 0.25) is 0 Å². The van der Waals surface area contributed by atoms with Crippen molar-refractivity contribution in [2.75, 3.05) is 37.7 Å². The summed E-state index contributed by atoms with van der Waals surface area (Å²) < 4.78 is 5.26. The molecular weight excluding hydrogens is 554 g/mol. The van der Waals surface area contributed by atoms with Gasteiger partial charge in [-0.3, -0.25) is 24.2 Å². The van der Waals surface area contributed by atoms with Crippen LogP contribution in [-0.4, -0.2) is 72.2 Å². The summed E-state index contributed by atoms with van der Waals surface area (Å²) in [4.78, 5) is 57.2. The molecule has 0 radical (unpaired) electrons. The Morgan fingerprint density at radius 1 is 0.682 bits per heavy atom. The number of amides is 2. The van der Waals surface area contributed by atoms with E-state index in [0.29, 0.717) is 24.3 Å². The number of piperazine rings is 1. The second-order valence-corrected chi connectivity index (χ2v) is 11.1. The first-order valence-corrected chi connectivity index (χ1v) is 14.8. The Hall–Kier alpha value is -4.92. The Kier molecular flexibility index (Phi) is 8.72. The molecule has 0 N–H and O–H groups in total. The molecule has 0 spiro atoms. The number of hydrogen-bond donors (Lipinski definition) is 0. The Morgan fingerprint density at radius 2 is 1.27 bits per heavy atom. The lowest BCUT2D eigenvalue weighted by Crippen LogP contribution is -2.52. The third kappa shape index (κ3) is 6.51. The molecule has 4 aromatic carbocycles. The van der Waals surface area contributed by atoms with E-state index in [1.54, 1.807) is 24.3 Å². The summed E-state index contributed by atoms with van der Waals surface area (Å²) in [5.74, 6) is -1.47. The van der Waals surface area contributed by atoms with Crippen LogP contribution in [-0.2, 0) is 20.9 Å². The number of hydrogen-bond acceptors (Lipinski definition) is 7. The van der Waals surface area contributed by atoms with Gasteiger partial charge in [-0.15, -0.1) is 0 Å². The van der Waals surface area contributed by atoms with Gasteiger partial charge in [0.15, 0.2) is 12.4 Å². The zero-order chi connectivity index (χ0) is 30.5. The van der Waals surface area contributed by atoms with Crippen molar-refractivity contribution in [1.82, 2.24) is 9.80 Å². The fraction of sp³-hybridized carbons (Fsp3) is 0.222. The van der Waals surface area contributed by atoms with Gasteiger partial charge in [0, 0.05) is 38.3 Å². The Morgan fingerprint density at radius 3 is 1.93 bits per heavy atom. The molecule has 4 aromatic rings. The zero-order valence-corrected chi connectivity index (χ0v) is 24.3. The number of ketones is 1.